The number of amides is 2. The van der Waals surface area contributed by atoms with Gasteiger partial charge in [0.05, 0.1) is 16.8 Å². The summed E-state index contributed by atoms with van der Waals surface area (Å²) in [5, 5.41) is 0. The third kappa shape index (κ3) is 1.90. The van der Waals surface area contributed by atoms with Crippen molar-refractivity contribution in [1.82, 2.24) is 4.57 Å². The highest BCUT2D eigenvalue weighted by Gasteiger charge is 2.16. The predicted molar refractivity (Wildman–Crippen MR) is 62.8 cm³/mol. The number of benzene rings is 1. The van der Waals surface area contributed by atoms with Gasteiger partial charge < -0.3 is 16.0 Å². The number of carbonyl (C=O) groups is 2. The van der Waals surface area contributed by atoms with Crippen LogP contribution in [0.15, 0.2) is 42.7 Å². The predicted octanol–water partition coefficient (Wildman–Crippen LogP) is 0.675. The second kappa shape index (κ2) is 4.13. The lowest BCUT2D eigenvalue weighted by atomic mass is 10.1. The van der Waals surface area contributed by atoms with Crippen molar-refractivity contribution in [2.24, 2.45) is 11.5 Å². The summed E-state index contributed by atoms with van der Waals surface area (Å²) < 4.78 is 1.64. The van der Waals surface area contributed by atoms with E-state index >= 15 is 0 Å². The molecule has 86 valence electrons. The summed E-state index contributed by atoms with van der Waals surface area (Å²) in [5.74, 6) is -1.20. The number of aromatic nitrogens is 1. The number of nitrogens with zero attached hydrogens (tertiary/aromatic N) is 1. The van der Waals surface area contributed by atoms with Crippen LogP contribution in [-0.4, -0.2) is 16.4 Å². The van der Waals surface area contributed by atoms with Crippen LogP contribution in [0.1, 0.15) is 20.7 Å². The van der Waals surface area contributed by atoms with Crippen LogP contribution in [0.2, 0.25) is 0 Å². The monoisotopic (exact) mass is 229 g/mol. The van der Waals surface area contributed by atoms with Gasteiger partial charge in [0.25, 0.3) is 11.8 Å². The van der Waals surface area contributed by atoms with Crippen molar-refractivity contribution in [3.05, 3.63) is 53.9 Å². The van der Waals surface area contributed by atoms with Crippen LogP contribution in [-0.2, 0) is 0 Å². The van der Waals surface area contributed by atoms with Crippen LogP contribution < -0.4 is 11.5 Å². The molecule has 0 unspecified atom stereocenters. The summed E-state index contributed by atoms with van der Waals surface area (Å²) >= 11 is 0. The Morgan fingerprint density at radius 3 is 1.76 bits per heavy atom. The number of para-hydroxylation sites is 1. The number of carbonyl (C=O) groups excluding carboxylic acids is 2. The summed E-state index contributed by atoms with van der Waals surface area (Å²) in [7, 11) is 0. The van der Waals surface area contributed by atoms with Crippen molar-refractivity contribution in [2.75, 3.05) is 0 Å². The molecule has 0 radical (unpaired) electrons. The molecular weight excluding hydrogens is 218 g/mol. The Morgan fingerprint density at radius 1 is 0.882 bits per heavy atom. The maximum Gasteiger partial charge on any atom is 0.250 e. The van der Waals surface area contributed by atoms with Gasteiger partial charge in [-0.05, 0) is 24.3 Å². The molecule has 1 aromatic heterocycles. The van der Waals surface area contributed by atoms with E-state index in [1.165, 1.54) is 0 Å². The first-order valence-electron chi connectivity index (χ1n) is 4.97. The first-order valence-corrected chi connectivity index (χ1v) is 4.97. The standard InChI is InChI=1S/C12H11N3O2/c13-11(16)8-4-3-5-9(12(14)17)10(8)15-6-1-2-7-15/h1-7H,(H2,13,16)(H2,14,17). The van der Waals surface area contributed by atoms with Crippen LogP contribution >= 0.6 is 0 Å². The maximum atomic E-state index is 11.3. The van der Waals surface area contributed by atoms with Gasteiger partial charge in [0.1, 0.15) is 0 Å². The minimum Gasteiger partial charge on any atom is -0.366 e. The molecule has 2 rings (SSSR count). The number of hydrogen-bond acceptors (Lipinski definition) is 2. The lowest BCUT2D eigenvalue weighted by Gasteiger charge is -2.11. The van der Waals surface area contributed by atoms with E-state index in [1.54, 1.807) is 47.3 Å². The number of primary amides is 2. The van der Waals surface area contributed by atoms with E-state index in [2.05, 4.69) is 0 Å². The number of hydrogen-bond donors (Lipinski definition) is 2. The molecular formula is C12H11N3O2. The summed E-state index contributed by atoms with van der Waals surface area (Å²) in [5.41, 5.74) is 11.5. The zero-order valence-electron chi connectivity index (χ0n) is 8.96. The maximum absolute atomic E-state index is 11.3. The van der Waals surface area contributed by atoms with Gasteiger partial charge in [0.15, 0.2) is 0 Å². The smallest absolute Gasteiger partial charge is 0.250 e. The number of rotatable bonds is 3. The Balaban J connectivity index is 2.76. The Hall–Kier alpha value is -2.56. The van der Waals surface area contributed by atoms with Gasteiger partial charge in [-0.25, -0.2) is 0 Å². The Kier molecular flexibility index (Phi) is 2.66. The first-order chi connectivity index (χ1) is 8.11. The first kappa shape index (κ1) is 10.9. The lowest BCUT2D eigenvalue weighted by molar-refractivity contribution is 0.0999. The molecule has 1 aromatic carbocycles. The Bertz CT molecular complexity index is 541. The Morgan fingerprint density at radius 2 is 1.35 bits per heavy atom. The second-order valence-electron chi connectivity index (χ2n) is 3.52. The summed E-state index contributed by atoms with van der Waals surface area (Å²) in [6.07, 6.45) is 3.43. The molecule has 0 atom stereocenters. The van der Waals surface area contributed by atoms with Crippen molar-refractivity contribution >= 4 is 11.8 Å². The van der Waals surface area contributed by atoms with Crippen molar-refractivity contribution in [3.63, 3.8) is 0 Å². The zero-order chi connectivity index (χ0) is 12.4. The molecule has 0 aliphatic carbocycles. The van der Waals surface area contributed by atoms with Gasteiger partial charge in [-0.15, -0.1) is 0 Å². The highest BCUT2D eigenvalue weighted by molar-refractivity contribution is 6.04. The van der Waals surface area contributed by atoms with Crippen molar-refractivity contribution < 1.29 is 9.59 Å². The minimum atomic E-state index is -0.600. The van der Waals surface area contributed by atoms with Crippen molar-refractivity contribution in [2.45, 2.75) is 0 Å². The zero-order valence-corrected chi connectivity index (χ0v) is 8.96. The van der Waals surface area contributed by atoms with Gasteiger partial charge in [0, 0.05) is 12.4 Å². The van der Waals surface area contributed by atoms with Crippen LogP contribution in [0.3, 0.4) is 0 Å². The van der Waals surface area contributed by atoms with Gasteiger partial charge in [-0.3, -0.25) is 9.59 Å². The van der Waals surface area contributed by atoms with Gasteiger partial charge in [0.2, 0.25) is 0 Å². The quantitative estimate of drug-likeness (QED) is 0.809. The highest BCUT2D eigenvalue weighted by atomic mass is 16.1. The SMILES string of the molecule is NC(=O)c1cccc(C(N)=O)c1-n1cccc1. The van der Waals surface area contributed by atoms with Crippen LogP contribution in [0.4, 0.5) is 0 Å². The van der Waals surface area contributed by atoms with E-state index in [0.29, 0.717) is 5.69 Å². The topological polar surface area (TPSA) is 91.1 Å². The van der Waals surface area contributed by atoms with E-state index in [0.717, 1.165) is 0 Å². The molecule has 2 amide bonds. The van der Waals surface area contributed by atoms with Crippen LogP contribution in [0.5, 0.6) is 0 Å². The van der Waals surface area contributed by atoms with E-state index < -0.39 is 11.8 Å². The molecule has 2 aromatic rings. The Labute approximate surface area is 97.6 Å². The van der Waals surface area contributed by atoms with E-state index in [4.69, 9.17) is 11.5 Å². The average molecular weight is 229 g/mol. The molecule has 0 saturated carbocycles. The third-order valence-electron chi connectivity index (χ3n) is 2.43. The third-order valence-corrected chi connectivity index (χ3v) is 2.43. The van der Waals surface area contributed by atoms with Gasteiger partial charge in [-0.1, -0.05) is 6.07 Å². The molecule has 5 heteroatoms. The van der Waals surface area contributed by atoms with Crippen LogP contribution in [0.25, 0.3) is 5.69 Å². The fourth-order valence-electron chi connectivity index (χ4n) is 1.70. The summed E-state index contributed by atoms with van der Waals surface area (Å²) in [4.78, 5) is 22.7. The van der Waals surface area contributed by atoms with Gasteiger partial charge in [-0.2, -0.15) is 0 Å². The molecule has 0 bridgehead atoms. The lowest BCUT2D eigenvalue weighted by Crippen LogP contribution is -2.20. The summed E-state index contributed by atoms with van der Waals surface area (Å²) in [6.45, 7) is 0. The molecule has 17 heavy (non-hydrogen) atoms. The molecule has 0 aliphatic rings. The molecule has 0 saturated heterocycles. The van der Waals surface area contributed by atoms with E-state index in [9.17, 15) is 9.59 Å². The molecule has 1 heterocycles. The molecule has 5 nitrogen and oxygen atoms in total. The second-order valence-corrected chi connectivity index (χ2v) is 3.52. The highest BCUT2D eigenvalue weighted by Crippen LogP contribution is 2.19. The molecule has 0 aliphatic heterocycles. The van der Waals surface area contributed by atoms with Gasteiger partial charge >= 0.3 is 0 Å². The fraction of sp³-hybridized carbons (Fsp3) is 0. The molecule has 0 spiro atoms. The van der Waals surface area contributed by atoms with Crippen molar-refractivity contribution in [1.29, 1.82) is 0 Å². The fourth-order valence-corrected chi connectivity index (χ4v) is 1.70. The minimum absolute atomic E-state index is 0.262. The molecule has 0 fully saturated rings. The van der Waals surface area contributed by atoms with Crippen LogP contribution in [0, 0.1) is 0 Å². The summed E-state index contributed by atoms with van der Waals surface area (Å²) in [6, 6.07) is 8.26. The van der Waals surface area contributed by atoms with E-state index in [1.807, 2.05) is 0 Å². The molecule has 4 N–H and O–H groups in total. The normalized spacial score (nSPS) is 10.1. The number of nitrogens with two attached hydrogens (primary N) is 2. The van der Waals surface area contributed by atoms with Crippen molar-refractivity contribution in [3.8, 4) is 5.69 Å². The average Bonchev–Trinajstić information content (AvgIpc) is 2.80. The van der Waals surface area contributed by atoms with E-state index in [-0.39, 0.29) is 11.1 Å². The largest absolute Gasteiger partial charge is 0.366 e.